The number of aliphatic hydroxyl groups excluding tert-OH is 2. The van der Waals surface area contributed by atoms with Crippen LogP contribution >= 0.6 is 0 Å². The second-order valence-corrected chi connectivity index (χ2v) is 6.20. The number of amides is 1. The van der Waals surface area contributed by atoms with Gasteiger partial charge in [-0.15, -0.1) is 0 Å². The van der Waals surface area contributed by atoms with Crippen molar-refractivity contribution >= 4 is 5.91 Å². The number of hydrogen-bond acceptors (Lipinski definition) is 4. The first kappa shape index (κ1) is 16.7. The van der Waals surface area contributed by atoms with E-state index >= 15 is 0 Å². The second kappa shape index (κ2) is 7.45. The lowest BCUT2D eigenvalue weighted by Crippen LogP contribution is -2.42. The van der Waals surface area contributed by atoms with Crippen LogP contribution in [0.4, 0.5) is 0 Å². The number of aliphatic hydroxyl groups is 2. The number of aryl methyl sites for hydroxylation is 1. The summed E-state index contributed by atoms with van der Waals surface area (Å²) in [6.07, 6.45) is 3.89. The van der Waals surface area contributed by atoms with Crippen molar-refractivity contribution in [1.29, 1.82) is 0 Å². The molecule has 0 saturated heterocycles. The van der Waals surface area contributed by atoms with E-state index in [1.54, 1.807) is 12.5 Å². The number of rotatable bonds is 7. The number of hydrogen-bond donors (Lipinski definition) is 3. The molecule has 1 rings (SSSR count). The summed E-state index contributed by atoms with van der Waals surface area (Å²) >= 11 is 0. The van der Waals surface area contributed by atoms with Gasteiger partial charge in [-0.2, -0.15) is 0 Å². The first-order valence-corrected chi connectivity index (χ1v) is 6.92. The lowest BCUT2D eigenvalue weighted by atomic mass is 9.85. The first-order valence-electron chi connectivity index (χ1n) is 6.92. The van der Waals surface area contributed by atoms with Gasteiger partial charge < -0.3 is 19.9 Å². The highest BCUT2D eigenvalue weighted by molar-refractivity contribution is 5.76. The largest absolute Gasteiger partial charge is 0.472 e. The molecule has 5 heteroatoms. The Hall–Kier alpha value is -1.33. The standard InChI is InChI=1S/C15H25NO4/c1-15(2,3)13(18)8-12(9-17)16-14(19)5-4-11-6-7-20-10-11/h6-7,10,12-13,17-18H,4-5,8-9H2,1-3H3,(H,16,19)/t12-,13+/m0/s1. The van der Waals surface area contributed by atoms with Gasteiger partial charge in [-0.3, -0.25) is 4.79 Å². The predicted octanol–water partition coefficient (Wildman–Crippen LogP) is 1.49. The first-order chi connectivity index (χ1) is 9.32. The van der Waals surface area contributed by atoms with Gasteiger partial charge in [0.1, 0.15) is 0 Å². The van der Waals surface area contributed by atoms with Crippen LogP contribution in [-0.4, -0.2) is 34.9 Å². The van der Waals surface area contributed by atoms with Crippen molar-refractivity contribution < 1.29 is 19.4 Å². The molecule has 1 aromatic heterocycles. The molecule has 1 heterocycles. The summed E-state index contributed by atoms with van der Waals surface area (Å²) in [5.41, 5.74) is 0.699. The Bertz CT molecular complexity index is 395. The molecule has 2 atom stereocenters. The lowest BCUT2D eigenvalue weighted by Gasteiger charge is -2.29. The highest BCUT2D eigenvalue weighted by Crippen LogP contribution is 2.22. The highest BCUT2D eigenvalue weighted by atomic mass is 16.3. The molecule has 0 spiro atoms. The monoisotopic (exact) mass is 283 g/mol. The van der Waals surface area contributed by atoms with Crippen molar-refractivity contribution in [1.82, 2.24) is 5.32 Å². The zero-order valence-electron chi connectivity index (χ0n) is 12.4. The Morgan fingerprint density at radius 2 is 2.15 bits per heavy atom. The molecule has 3 N–H and O–H groups in total. The molecule has 0 unspecified atom stereocenters. The molecule has 0 saturated carbocycles. The minimum atomic E-state index is -0.575. The molecular weight excluding hydrogens is 258 g/mol. The van der Waals surface area contributed by atoms with Crippen LogP contribution in [0.5, 0.6) is 0 Å². The molecule has 5 nitrogen and oxygen atoms in total. The van der Waals surface area contributed by atoms with E-state index in [4.69, 9.17) is 4.42 Å². The van der Waals surface area contributed by atoms with Crippen molar-refractivity contribution in [3.05, 3.63) is 24.2 Å². The quantitative estimate of drug-likeness (QED) is 0.708. The summed E-state index contributed by atoms with van der Waals surface area (Å²) in [6, 6.07) is 1.40. The third kappa shape index (κ3) is 5.75. The summed E-state index contributed by atoms with van der Waals surface area (Å²) in [6.45, 7) is 5.59. The van der Waals surface area contributed by atoms with Gasteiger partial charge in [0, 0.05) is 6.42 Å². The Morgan fingerprint density at radius 1 is 1.45 bits per heavy atom. The normalized spacial score (nSPS) is 14.8. The molecule has 0 aliphatic carbocycles. The van der Waals surface area contributed by atoms with Gasteiger partial charge >= 0.3 is 0 Å². The second-order valence-electron chi connectivity index (χ2n) is 6.20. The summed E-state index contributed by atoms with van der Waals surface area (Å²) in [5, 5.41) is 22.1. The van der Waals surface area contributed by atoms with E-state index in [2.05, 4.69) is 5.32 Å². The van der Waals surface area contributed by atoms with Gasteiger partial charge in [0.05, 0.1) is 31.3 Å². The van der Waals surface area contributed by atoms with Crippen LogP contribution in [0, 0.1) is 5.41 Å². The van der Waals surface area contributed by atoms with E-state index < -0.39 is 12.1 Å². The van der Waals surface area contributed by atoms with Crippen molar-refractivity contribution in [3.8, 4) is 0 Å². The van der Waals surface area contributed by atoms with Gasteiger partial charge in [-0.25, -0.2) is 0 Å². The van der Waals surface area contributed by atoms with E-state index in [1.165, 1.54) is 0 Å². The van der Waals surface area contributed by atoms with E-state index in [-0.39, 0.29) is 17.9 Å². The van der Waals surface area contributed by atoms with Crippen molar-refractivity contribution in [2.24, 2.45) is 5.41 Å². The molecule has 0 bridgehead atoms. The van der Waals surface area contributed by atoms with Crippen LogP contribution in [0.2, 0.25) is 0 Å². The molecule has 0 aliphatic heterocycles. The maximum absolute atomic E-state index is 11.8. The van der Waals surface area contributed by atoms with E-state index in [9.17, 15) is 15.0 Å². The minimum Gasteiger partial charge on any atom is -0.472 e. The third-order valence-electron chi connectivity index (χ3n) is 3.31. The maximum Gasteiger partial charge on any atom is 0.220 e. The molecule has 0 aliphatic rings. The average Bonchev–Trinajstić information content (AvgIpc) is 2.87. The van der Waals surface area contributed by atoms with Crippen LogP contribution in [0.15, 0.2) is 23.0 Å². The fourth-order valence-electron chi connectivity index (χ4n) is 1.79. The van der Waals surface area contributed by atoms with E-state index in [0.717, 1.165) is 5.56 Å². The highest BCUT2D eigenvalue weighted by Gasteiger charge is 2.25. The van der Waals surface area contributed by atoms with Crippen molar-refractivity contribution in [2.45, 2.75) is 52.2 Å². The van der Waals surface area contributed by atoms with Crippen LogP contribution in [0.1, 0.15) is 39.2 Å². The van der Waals surface area contributed by atoms with Gasteiger partial charge in [0.2, 0.25) is 5.91 Å². The minimum absolute atomic E-state index is 0.133. The maximum atomic E-state index is 11.8. The smallest absolute Gasteiger partial charge is 0.220 e. The summed E-state index contributed by atoms with van der Waals surface area (Å²) < 4.78 is 4.93. The molecule has 0 fully saturated rings. The fraction of sp³-hybridized carbons (Fsp3) is 0.667. The zero-order chi connectivity index (χ0) is 15.2. The number of furan rings is 1. The Kier molecular flexibility index (Phi) is 6.23. The number of carbonyl (C=O) groups excluding carboxylic acids is 1. The van der Waals surface area contributed by atoms with Crippen molar-refractivity contribution in [3.63, 3.8) is 0 Å². The van der Waals surface area contributed by atoms with Crippen LogP contribution in [0.25, 0.3) is 0 Å². The van der Waals surface area contributed by atoms with Crippen LogP contribution < -0.4 is 5.32 Å². The molecule has 114 valence electrons. The van der Waals surface area contributed by atoms with Crippen LogP contribution in [0.3, 0.4) is 0 Å². The Morgan fingerprint density at radius 3 is 2.65 bits per heavy atom. The zero-order valence-corrected chi connectivity index (χ0v) is 12.4. The van der Waals surface area contributed by atoms with Crippen LogP contribution in [-0.2, 0) is 11.2 Å². The predicted molar refractivity (Wildman–Crippen MR) is 76.1 cm³/mol. The van der Waals surface area contributed by atoms with E-state index in [1.807, 2.05) is 26.8 Å². The molecule has 20 heavy (non-hydrogen) atoms. The van der Waals surface area contributed by atoms with Crippen molar-refractivity contribution in [2.75, 3.05) is 6.61 Å². The van der Waals surface area contributed by atoms with E-state index in [0.29, 0.717) is 19.3 Å². The number of nitrogens with one attached hydrogen (secondary N) is 1. The molecule has 0 radical (unpaired) electrons. The molecule has 1 amide bonds. The molecule has 0 aromatic carbocycles. The third-order valence-corrected chi connectivity index (χ3v) is 3.31. The topological polar surface area (TPSA) is 82.7 Å². The summed E-state index contributed by atoms with van der Waals surface area (Å²) in [5.74, 6) is -0.133. The molecule has 1 aromatic rings. The Labute approximate surface area is 120 Å². The van der Waals surface area contributed by atoms with Gasteiger partial charge in [-0.1, -0.05) is 20.8 Å². The van der Waals surface area contributed by atoms with Gasteiger partial charge in [0.25, 0.3) is 0 Å². The lowest BCUT2D eigenvalue weighted by molar-refractivity contribution is -0.122. The molecular formula is C15H25NO4. The average molecular weight is 283 g/mol. The van der Waals surface area contributed by atoms with Gasteiger partial charge in [0.15, 0.2) is 0 Å². The Balaban J connectivity index is 2.37. The van der Waals surface area contributed by atoms with Gasteiger partial charge in [-0.05, 0) is 29.9 Å². The fourth-order valence-corrected chi connectivity index (χ4v) is 1.79. The summed E-state index contributed by atoms with van der Waals surface area (Å²) in [4.78, 5) is 11.8. The summed E-state index contributed by atoms with van der Waals surface area (Å²) in [7, 11) is 0. The number of carbonyl (C=O) groups is 1. The SMILES string of the molecule is CC(C)(C)[C@H](O)C[C@@H](CO)NC(=O)CCc1ccoc1.